The number of aryl methyl sites for hydroxylation is 1. The molecule has 0 bridgehead atoms. The Hall–Kier alpha value is -2.83. The molecule has 7 heteroatoms. The molecule has 1 N–H and O–H groups in total. The van der Waals surface area contributed by atoms with Gasteiger partial charge in [-0.2, -0.15) is 0 Å². The zero-order valence-corrected chi connectivity index (χ0v) is 14.6. The Morgan fingerprint density at radius 2 is 2.04 bits per heavy atom. The summed E-state index contributed by atoms with van der Waals surface area (Å²) in [5.74, 6) is -0.0891. The van der Waals surface area contributed by atoms with E-state index in [2.05, 4.69) is 18.8 Å². The third kappa shape index (κ3) is 2.65. The number of pyridine rings is 2. The normalized spacial score (nSPS) is 12.5. The minimum absolute atomic E-state index is 0.178. The first kappa shape index (κ1) is 17.0. The van der Waals surface area contributed by atoms with Crippen LogP contribution in [0.1, 0.15) is 41.3 Å². The van der Waals surface area contributed by atoms with Crippen LogP contribution in [0.25, 0.3) is 11.4 Å². The molecule has 2 aromatic heterocycles. The van der Waals surface area contributed by atoms with Crippen molar-refractivity contribution in [3.8, 4) is 23.0 Å². The summed E-state index contributed by atoms with van der Waals surface area (Å²) in [6, 6.07) is 1.34. The van der Waals surface area contributed by atoms with Crippen molar-refractivity contribution in [1.29, 1.82) is 0 Å². The highest BCUT2D eigenvalue weighted by atomic mass is 16.5. The highest BCUT2D eigenvalue weighted by Crippen LogP contribution is 2.42. The van der Waals surface area contributed by atoms with Gasteiger partial charge in [0.15, 0.2) is 11.2 Å². The number of nitrogens with zero attached hydrogens (tertiary/aromatic N) is 2. The van der Waals surface area contributed by atoms with E-state index in [1.807, 2.05) is 0 Å². The molecule has 25 heavy (non-hydrogen) atoms. The second-order valence-electron chi connectivity index (χ2n) is 6.24. The first-order valence-electron chi connectivity index (χ1n) is 8.01. The van der Waals surface area contributed by atoms with Crippen LogP contribution in [0, 0.1) is 0 Å². The van der Waals surface area contributed by atoms with E-state index in [1.54, 1.807) is 11.7 Å². The predicted octanol–water partition coefficient (Wildman–Crippen LogP) is 2.31. The summed E-state index contributed by atoms with van der Waals surface area (Å²) in [6.07, 6.45) is 2.06. The predicted molar refractivity (Wildman–Crippen MR) is 91.8 cm³/mol. The molecule has 0 aromatic carbocycles. The molecule has 0 aliphatic carbocycles. The summed E-state index contributed by atoms with van der Waals surface area (Å²) in [5.41, 5.74) is 2.48. The van der Waals surface area contributed by atoms with Gasteiger partial charge in [0.2, 0.25) is 0 Å². The fourth-order valence-corrected chi connectivity index (χ4v) is 3.37. The molecule has 0 spiro atoms. The van der Waals surface area contributed by atoms with Gasteiger partial charge < -0.3 is 19.1 Å². The van der Waals surface area contributed by atoms with Crippen molar-refractivity contribution in [1.82, 2.24) is 9.55 Å². The number of hydrogen-bond donors (Lipinski definition) is 1. The summed E-state index contributed by atoms with van der Waals surface area (Å²) in [7, 11) is 3.10. The van der Waals surface area contributed by atoms with Gasteiger partial charge in [0.1, 0.15) is 5.56 Å². The lowest BCUT2D eigenvalue weighted by Crippen LogP contribution is -2.23. The number of carbonyl (C=O) groups is 1. The number of methoxy groups -OCH3 is 2. The molecule has 3 rings (SSSR count). The Balaban J connectivity index is 2.34. The van der Waals surface area contributed by atoms with Gasteiger partial charge >= 0.3 is 5.97 Å². The van der Waals surface area contributed by atoms with Crippen molar-refractivity contribution in [2.24, 2.45) is 0 Å². The molecule has 1 aliphatic heterocycles. The molecule has 3 heterocycles. The summed E-state index contributed by atoms with van der Waals surface area (Å²) in [4.78, 5) is 27.9. The van der Waals surface area contributed by atoms with Gasteiger partial charge in [0, 0.05) is 24.4 Å². The quantitative estimate of drug-likeness (QED) is 0.915. The summed E-state index contributed by atoms with van der Waals surface area (Å²) in [6.45, 7) is 4.69. The maximum absolute atomic E-state index is 12.2. The van der Waals surface area contributed by atoms with Crippen LogP contribution in [-0.4, -0.2) is 34.8 Å². The average Bonchev–Trinajstić information content (AvgIpc) is 2.58. The Morgan fingerprint density at radius 3 is 2.60 bits per heavy atom. The van der Waals surface area contributed by atoms with Crippen molar-refractivity contribution in [2.45, 2.75) is 32.7 Å². The molecule has 132 valence electrons. The number of hydrogen-bond acceptors (Lipinski definition) is 5. The number of ether oxygens (including phenoxy) is 2. The summed E-state index contributed by atoms with van der Waals surface area (Å²) < 4.78 is 12.7. The third-order valence-electron chi connectivity index (χ3n) is 4.44. The Kier molecular flexibility index (Phi) is 4.24. The van der Waals surface area contributed by atoms with Crippen LogP contribution in [0.2, 0.25) is 0 Å². The summed E-state index contributed by atoms with van der Waals surface area (Å²) >= 11 is 0. The van der Waals surface area contributed by atoms with E-state index >= 15 is 0 Å². The van der Waals surface area contributed by atoms with Gasteiger partial charge in [-0.25, -0.2) is 9.78 Å². The minimum atomic E-state index is -1.23. The van der Waals surface area contributed by atoms with Gasteiger partial charge in [-0.05, 0) is 17.9 Å². The van der Waals surface area contributed by atoms with Crippen LogP contribution in [-0.2, 0) is 13.0 Å². The van der Waals surface area contributed by atoms with Crippen molar-refractivity contribution >= 4 is 5.97 Å². The zero-order chi connectivity index (χ0) is 18.3. The van der Waals surface area contributed by atoms with Gasteiger partial charge in [0.05, 0.1) is 25.6 Å². The SMILES string of the molecule is COc1nc2c(c(C(C)C)c1OC)CCn1cc(C(=O)O)c(=O)cc1-2. The van der Waals surface area contributed by atoms with Gasteiger partial charge in [-0.3, -0.25) is 4.79 Å². The number of fused-ring (bicyclic) bond motifs is 3. The van der Waals surface area contributed by atoms with Crippen LogP contribution in [0.15, 0.2) is 17.1 Å². The van der Waals surface area contributed by atoms with Crippen molar-refractivity contribution in [3.63, 3.8) is 0 Å². The molecule has 0 radical (unpaired) electrons. The Bertz CT molecular complexity index is 915. The van der Waals surface area contributed by atoms with Gasteiger partial charge in [0.25, 0.3) is 5.88 Å². The number of aromatic carboxylic acids is 1. The molecule has 1 aliphatic rings. The van der Waals surface area contributed by atoms with E-state index in [4.69, 9.17) is 14.6 Å². The molecule has 0 atom stereocenters. The molecule has 2 aromatic rings. The van der Waals surface area contributed by atoms with Crippen molar-refractivity contribution in [2.75, 3.05) is 14.2 Å². The standard InChI is InChI=1S/C18H20N2O5/c1-9(2)14-10-5-6-20-8-11(18(22)23)13(21)7-12(20)15(10)19-17(25-4)16(14)24-3/h7-9H,5-6H2,1-4H3,(H,22,23). The fraction of sp³-hybridized carbons (Fsp3) is 0.389. The highest BCUT2D eigenvalue weighted by Gasteiger charge is 2.28. The van der Waals surface area contributed by atoms with Crippen LogP contribution < -0.4 is 14.9 Å². The molecule has 0 unspecified atom stereocenters. The van der Waals surface area contributed by atoms with Crippen LogP contribution in [0.4, 0.5) is 0 Å². The maximum atomic E-state index is 12.2. The molecule has 0 saturated heterocycles. The fourth-order valence-electron chi connectivity index (χ4n) is 3.37. The third-order valence-corrected chi connectivity index (χ3v) is 4.44. The molecule has 0 amide bonds. The van der Waals surface area contributed by atoms with Crippen molar-refractivity contribution < 1.29 is 19.4 Å². The lowest BCUT2D eigenvalue weighted by atomic mass is 9.90. The highest BCUT2D eigenvalue weighted by molar-refractivity contribution is 5.87. The largest absolute Gasteiger partial charge is 0.491 e. The lowest BCUT2D eigenvalue weighted by Gasteiger charge is -2.27. The Labute approximate surface area is 144 Å². The topological polar surface area (TPSA) is 90.7 Å². The second kappa shape index (κ2) is 6.23. The molecule has 7 nitrogen and oxygen atoms in total. The van der Waals surface area contributed by atoms with Gasteiger partial charge in [-0.1, -0.05) is 13.8 Å². The van der Waals surface area contributed by atoms with E-state index in [1.165, 1.54) is 19.4 Å². The molecule has 0 fully saturated rings. The number of aromatic nitrogens is 2. The first-order chi connectivity index (χ1) is 11.9. The maximum Gasteiger partial charge on any atom is 0.341 e. The molecular formula is C18H20N2O5. The van der Waals surface area contributed by atoms with E-state index in [0.717, 1.165) is 11.1 Å². The zero-order valence-electron chi connectivity index (χ0n) is 14.6. The van der Waals surface area contributed by atoms with E-state index in [0.29, 0.717) is 36.0 Å². The van der Waals surface area contributed by atoms with E-state index in [-0.39, 0.29) is 11.5 Å². The van der Waals surface area contributed by atoms with Crippen LogP contribution in [0.3, 0.4) is 0 Å². The average molecular weight is 344 g/mol. The number of carboxylic acid groups (broad SMARTS) is 1. The van der Waals surface area contributed by atoms with E-state index < -0.39 is 11.4 Å². The summed E-state index contributed by atoms with van der Waals surface area (Å²) in [5, 5.41) is 9.16. The van der Waals surface area contributed by atoms with Gasteiger partial charge in [-0.15, -0.1) is 0 Å². The molecule has 0 saturated carbocycles. The Morgan fingerprint density at radius 1 is 1.32 bits per heavy atom. The van der Waals surface area contributed by atoms with E-state index in [9.17, 15) is 9.59 Å². The minimum Gasteiger partial charge on any atom is -0.491 e. The van der Waals surface area contributed by atoms with Crippen LogP contribution >= 0.6 is 0 Å². The number of rotatable bonds is 4. The number of carboxylic acids is 1. The monoisotopic (exact) mass is 344 g/mol. The second-order valence-corrected chi connectivity index (χ2v) is 6.24. The first-order valence-corrected chi connectivity index (χ1v) is 8.01. The van der Waals surface area contributed by atoms with Crippen molar-refractivity contribution in [3.05, 3.63) is 39.2 Å². The lowest BCUT2D eigenvalue weighted by molar-refractivity contribution is 0.0694. The van der Waals surface area contributed by atoms with Crippen LogP contribution in [0.5, 0.6) is 11.6 Å². The smallest absolute Gasteiger partial charge is 0.341 e. The molecular weight excluding hydrogens is 324 g/mol.